The summed E-state index contributed by atoms with van der Waals surface area (Å²) in [5.41, 5.74) is 0.993. The molecule has 3 aliphatic rings. The van der Waals surface area contributed by atoms with E-state index in [1.807, 2.05) is 29.2 Å². The van der Waals surface area contributed by atoms with Gasteiger partial charge >= 0.3 is 0 Å². The maximum absolute atomic E-state index is 12.6. The van der Waals surface area contributed by atoms with E-state index in [1.165, 1.54) is 4.90 Å². The van der Waals surface area contributed by atoms with Gasteiger partial charge in [0.25, 0.3) is 0 Å². The fraction of sp³-hybridized carbons (Fsp3) is 0.571. The fourth-order valence-corrected chi connectivity index (χ4v) is 4.98. The van der Waals surface area contributed by atoms with E-state index in [1.54, 1.807) is 0 Å². The standard InChI is InChI=1S/C21H26ClN3O3/c22-17-7-3-4-8-18(17)23-11-13-24(14-12-23)19(26)9-10-25-20(27)15-5-1-2-6-16(15)21(25)28/h3-4,7-8,15-16H,1-2,5-6,9-14H2. The third-order valence-electron chi connectivity index (χ3n) is 6.31. The van der Waals surface area contributed by atoms with Crippen LogP contribution >= 0.6 is 11.6 Å². The molecule has 2 saturated heterocycles. The van der Waals surface area contributed by atoms with E-state index in [4.69, 9.17) is 11.6 Å². The molecular weight excluding hydrogens is 378 g/mol. The Labute approximate surface area is 170 Å². The van der Waals surface area contributed by atoms with Crippen molar-refractivity contribution in [2.24, 2.45) is 11.8 Å². The zero-order valence-corrected chi connectivity index (χ0v) is 16.7. The van der Waals surface area contributed by atoms with E-state index in [9.17, 15) is 14.4 Å². The molecule has 1 aromatic carbocycles. The highest BCUT2D eigenvalue weighted by Gasteiger charge is 2.47. The van der Waals surface area contributed by atoms with E-state index >= 15 is 0 Å². The lowest BCUT2D eigenvalue weighted by Gasteiger charge is -2.36. The molecule has 6 nitrogen and oxygen atoms in total. The Balaban J connectivity index is 1.29. The molecule has 2 unspecified atom stereocenters. The lowest BCUT2D eigenvalue weighted by atomic mass is 9.81. The minimum Gasteiger partial charge on any atom is -0.367 e. The number of rotatable bonds is 4. The second kappa shape index (κ2) is 8.11. The Morgan fingerprint density at radius 1 is 0.964 bits per heavy atom. The van der Waals surface area contributed by atoms with Crippen molar-refractivity contribution < 1.29 is 14.4 Å². The number of amides is 3. The van der Waals surface area contributed by atoms with E-state index in [-0.39, 0.29) is 42.5 Å². The molecule has 0 radical (unpaired) electrons. The highest BCUT2D eigenvalue weighted by atomic mass is 35.5. The van der Waals surface area contributed by atoms with Gasteiger partial charge in [0.05, 0.1) is 22.5 Å². The molecule has 1 aromatic rings. The van der Waals surface area contributed by atoms with Crippen LogP contribution in [0.5, 0.6) is 0 Å². The van der Waals surface area contributed by atoms with Gasteiger partial charge in [-0.3, -0.25) is 19.3 Å². The largest absolute Gasteiger partial charge is 0.367 e. The predicted octanol–water partition coefficient (Wildman–Crippen LogP) is 2.55. The summed E-state index contributed by atoms with van der Waals surface area (Å²) in [6, 6.07) is 7.73. The topological polar surface area (TPSA) is 60.9 Å². The first-order chi connectivity index (χ1) is 13.6. The molecule has 7 heteroatoms. The van der Waals surface area contributed by atoms with Crippen molar-refractivity contribution in [2.45, 2.75) is 32.1 Å². The Hall–Kier alpha value is -2.08. The van der Waals surface area contributed by atoms with Gasteiger partial charge in [-0.25, -0.2) is 0 Å². The normalized spacial score (nSPS) is 25.2. The fourth-order valence-electron chi connectivity index (χ4n) is 4.72. The van der Waals surface area contributed by atoms with E-state index in [0.29, 0.717) is 13.1 Å². The van der Waals surface area contributed by atoms with Crippen LogP contribution in [0.2, 0.25) is 5.02 Å². The highest BCUT2D eigenvalue weighted by molar-refractivity contribution is 6.33. The predicted molar refractivity (Wildman–Crippen MR) is 107 cm³/mol. The number of benzene rings is 1. The van der Waals surface area contributed by atoms with Crippen LogP contribution in [0, 0.1) is 11.8 Å². The molecule has 2 heterocycles. The lowest BCUT2D eigenvalue weighted by molar-refractivity contribution is -0.140. The number of carbonyl (C=O) groups is 3. The second-order valence-corrected chi connectivity index (χ2v) is 8.30. The van der Waals surface area contributed by atoms with Crippen LogP contribution in [0.4, 0.5) is 5.69 Å². The summed E-state index contributed by atoms with van der Waals surface area (Å²) in [5.74, 6) is -0.405. The molecule has 0 N–H and O–H groups in total. The summed E-state index contributed by atoms with van der Waals surface area (Å²) in [7, 11) is 0. The number of piperazine rings is 1. The van der Waals surface area contributed by atoms with E-state index in [0.717, 1.165) is 49.5 Å². The molecule has 0 bridgehead atoms. The van der Waals surface area contributed by atoms with Gasteiger partial charge in [-0.05, 0) is 25.0 Å². The van der Waals surface area contributed by atoms with Crippen LogP contribution in [0.25, 0.3) is 0 Å². The van der Waals surface area contributed by atoms with Gasteiger partial charge in [0.1, 0.15) is 0 Å². The van der Waals surface area contributed by atoms with Crippen LogP contribution in [0.15, 0.2) is 24.3 Å². The molecule has 150 valence electrons. The lowest BCUT2D eigenvalue weighted by Crippen LogP contribution is -2.49. The minimum absolute atomic E-state index is 0.00859. The highest BCUT2D eigenvalue weighted by Crippen LogP contribution is 2.38. The summed E-state index contributed by atoms with van der Waals surface area (Å²) in [6.07, 6.45) is 3.86. The summed E-state index contributed by atoms with van der Waals surface area (Å²) < 4.78 is 0. The number of anilines is 1. The van der Waals surface area contributed by atoms with Crippen LogP contribution < -0.4 is 4.90 Å². The van der Waals surface area contributed by atoms with Crippen LogP contribution in [0.3, 0.4) is 0 Å². The van der Waals surface area contributed by atoms with Gasteiger partial charge in [0, 0.05) is 39.1 Å². The average molecular weight is 404 g/mol. The zero-order valence-electron chi connectivity index (χ0n) is 16.0. The molecule has 3 amide bonds. The molecule has 28 heavy (non-hydrogen) atoms. The summed E-state index contributed by atoms with van der Waals surface area (Å²) in [6.45, 7) is 2.91. The van der Waals surface area contributed by atoms with Crippen molar-refractivity contribution in [3.8, 4) is 0 Å². The number of hydrogen-bond acceptors (Lipinski definition) is 4. The number of likely N-dealkylation sites (tertiary alicyclic amines) is 1. The Morgan fingerprint density at radius 3 is 2.18 bits per heavy atom. The van der Waals surface area contributed by atoms with Crippen molar-refractivity contribution in [1.29, 1.82) is 0 Å². The van der Waals surface area contributed by atoms with Gasteiger partial charge in [0.15, 0.2) is 0 Å². The maximum Gasteiger partial charge on any atom is 0.233 e. The summed E-state index contributed by atoms with van der Waals surface area (Å²) >= 11 is 6.27. The first-order valence-corrected chi connectivity index (χ1v) is 10.6. The second-order valence-electron chi connectivity index (χ2n) is 7.89. The third-order valence-corrected chi connectivity index (χ3v) is 6.63. The van der Waals surface area contributed by atoms with Crippen molar-refractivity contribution >= 4 is 35.0 Å². The van der Waals surface area contributed by atoms with Crippen molar-refractivity contribution in [2.75, 3.05) is 37.6 Å². The zero-order chi connectivity index (χ0) is 19.7. The van der Waals surface area contributed by atoms with Crippen LogP contribution in [-0.2, 0) is 14.4 Å². The van der Waals surface area contributed by atoms with Crippen molar-refractivity contribution in [1.82, 2.24) is 9.80 Å². The summed E-state index contributed by atoms with van der Waals surface area (Å²) in [5, 5.41) is 0.717. The van der Waals surface area contributed by atoms with Gasteiger partial charge in [-0.2, -0.15) is 0 Å². The molecule has 1 saturated carbocycles. The third kappa shape index (κ3) is 3.62. The smallest absolute Gasteiger partial charge is 0.233 e. The number of fused-ring (bicyclic) bond motifs is 1. The van der Waals surface area contributed by atoms with Gasteiger partial charge < -0.3 is 9.80 Å². The average Bonchev–Trinajstić information content (AvgIpc) is 2.97. The van der Waals surface area contributed by atoms with Crippen LogP contribution in [-0.4, -0.2) is 60.2 Å². The Morgan fingerprint density at radius 2 is 1.57 bits per heavy atom. The number of nitrogens with zero attached hydrogens (tertiary/aromatic N) is 3. The van der Waals surface area contributed by atoms with Crippen molar-refractivity contribution in [3.63, 3.8) is 0 Å². The molecule has 0 spiro atoms. The molecule has 1 aliphatic carbocycles. The SMILES string of the molecule is O=C(CCN1C(=O)C2CCCCC2C1=O)N1CCN(c2ccccc2Cl)CC1. The molecule has 2 aliphatic heterocycles. The molecule has 4 rings (SSSR count). The van der Waals surface area contributed by atoms with E-state index < -0.39 is 0 Å². The monoisotopic (exact) mass is 403 g/mol. The number of halogens is 1. The van der Waals surface area contributed by atoms with Gasteiger partial charge in [-0.15, -0.1) is 0 Å². The number of hydrogen-bond donors (Lipinski definition) is 0. The molecule has 2 atom stereocenters. The number of imide groups is 1. The van der Waals surface area contributed by atoms with Gasteiger partial charge in [-0.1, -0.05) is 36.6 Å². The van der Waals surface area contributed by atoms with Gasteiger partial charge in [0.2, 0.25) is 17.7 Å². The summed E-state index contributed by atoms with van der Waals surface area (Å²) in [4.78, 5) is 43.0. The van der Waals surface area contributed by atoms with Crippen LogP contribution in [0.1, 0.15) is 32.1 Å². The van der Waals surface area contributed by atoms with Crippen molar-refractivity contribution in [3.05, 3.63) is 29.3 Å². The number of carbonyl (C=O) groups excluding carboxylic acids is 3. The maximum atomic E-state index is 12.6. The first kappa shape index (κ1) is 19.2. The molecule has 0 aromatic heterocycles. The molecule has 3 fully saturated rings. The quantitative estimate of drug-likeness (QED) is 0.725. The first-order valence-electron chi connectivity index (χ1n) is 10.2. The van der Waals surface area contributed by atoms with E-state index in [2.05, 4.69) is 4.90 Å². The Bertz CT molecular complexity index is 752. The minimum atomic E-state index is -0.143. The molecular formula is C21H26ClN3O3. The number of para-hydroxylation sites is 1. The Kier molecular flexibility index (Phi) is 5.58.